The van der Waals surface area contributed by atoms with E-state index in [0.29, 0.717) is 0 Å². The lowest BCUT2D eigenvalue weighted by Crippen LogP contribution is -2.37. The van der Waals surface area contributed by atoms with Gasteiger partial charge in [0.25, 0.3) is 0 Å². The minimum absolute atomic E-state index is 0.957. The van der Waals surface area contributed by atoms with Gasteiger partial charge >= 0.3 is 0 Å². The Morgan fingerprint density at radius 2 is 1.29 bits per heavy atom. The van der Waals surface area contributed by atoms with Gasteiger partial charge in [0.05, 0.1) is 0 Å². The summed E-state index contributed by atoms with van der Waals surface area (Å²) in [6.07, 6.45) is 7.69. The van der Waals surface area contributed by atoms with Crippen LogP contribution in [0.15, 0.2) is 0 Å². The number of fused-ring (bicyclic) bond motifs is 3. The zero-order valence-electron chi connectivity index (χ0n) is 12.2. The molecule has 0 bridgehead atoms. The summed E-state index contributed by atoms with van der Waals surface area (Å²) >= 11 is 0. The summed E-state index contributed by atoms with van der Waals surface area (Å²) in [6.45, 7) is 10.2. The van der Waals surface area contributed by atoms with Gasteiger partial charge in [0.2, 0.25) is 0 Å². The van der Waals surface area contributed by atoms with E-state index < -0.39 is 0 Å². The van der Waals surface area contributed by atoms with Gasteiger partial charge in [0.15, 0.2) is 0 Å². The van der Waals surface area contributed by atoms with Crippen LogP contribution in [0.5, 0.6) is 0 Å². The molecule has 0 heteroatoms. The summed E-state index contributed by atoms with van der Waals surface area (Å²) in [5.41, 5.74) is 0. The van der Waals surface area contributed by atoms with Gasteiger partial charge in [-0.2, -0.15) is 0 Å². The second-order valence-corrected chi connectivity index (χ2v) is 7.64. The van der Waals surface area contributed by atoms with Gasteiger partial charge in [-0.25, -0.2) is 0 Å². The van der Waals surface area contributed by atoms with Crippen molar-refractivity contribution in [3.8, 4) is 0 Å². The van der Waals surface area contributed by atoms with Crippen LogP contribution in [0.1, 0.15) is 59.8 Å². The van der Waals surface area contributed by atoms with E-state index in [1.807, 2.05) is 0 Å². The van der Waals surface area contributed by atoms with E-state index in [1.165, 1.54) is 12.8 Å². The Hall–Kier alpha value is 0. The van der Waals surface area contributed by atoms with Crippen LogP contribution in [-0.2, 0) is 0 Å². The van der Waals surface area contributed by atoms with E-state index in [1.54, 1.807) is 19.3 Å². The largest absolute Gasteiger partial charge is 0.0622 e. The highest BCUT2D eigenvalue weighted by Gasteiger charge is 2.53. The standard InChI is InChI=1S/C17H30/c1-10-9-16-15-8-6-5-7-14(15)13(4)17(16)12(3)11(10)2/h10-17H,5-9H2,1-4H3. The van der Waals surface area contributed by atoms with E-state index in [2.05, 4.69) is 27.7 Å². The van der Waals surface area contributed by atoms with Crippen LogP contribution in [0.4, 0.5) is 0 Å². The van der Waals surface area contributed by atoms with Crippen LogP contribution >= 0.6 is 0 Å². The van der Waals surface area contributed by atoms with E-state index in [9.17, 15) is 0 Å². The van der Waals surface area contributed by atoms with Gasteiger partial charge in [-0.05, 0) is 66.6 Å². The van der Waals surface area contributed by atoms with Crippen LogP contribution < -0.4 is 0 Å². The highest BCUT2D eigenvalue weighted by Crippen LogP contribution is 2.60. The average molecular weight is 234 g/mol. The lowest BCUT2D eigenvalue weighted by Gasteiger charge is -2.44. The fraction of sp³-hybridized carbons (Fsp3) is 1.00. The molecule has 0 spiro atoms. The Morgan fingerprint density at radius 3 is 2.00 bits per heavy atom. The van der Waals surface area contributed by atoms with Crippen LogP contribution in [-0.4, -0.2) is 0 Å². The Labute approximate surface area is 108 Å². The molecular formula is C17H30. The second-order valence-electron chi connectivity index (χ2n) is 7.64. The maximum Gasteiger partial charge on any atom is -0.0326 e. The van der Waals surface area contributed by atoms with Crippen molar-refractivity contribution in [3.63, 3.8) is 0 Å². The molecule has 3 rings (SSSR count). The Morgan fingerprint density at radius 1 is 0.647 bits per heavy atom. The molecule has 0 aromatic carbocycles. The van der Waals surface area contributed by atoms with Gasteiger partial charge in [-0.1, -0.05) is 40.5 Å². The van der Waals surface area contributed by atoms with Crippen LogP contribution in [0.2, 0.25) is 0 Å². The van der Waals surface area contributed by atoms with Crippen molar-refractivity contribution in [1.29, 1.82) is 0 Å². The molecule has 0 nitrogen and oxygen atoms in total. The van der Waals surface area contributed by atoms with Gasteiger partial charge < -0.3 is 0 Å². The SMILES string of the molecule is CC1CC2C3CCCCC3C(C)C2C(C)C1C. The summed E-state index contributed by atoms with van der Waals surface area (Å²) in [6, 6.07) is 0. The molecule has 0 radical (unpaired) electrons. The van der Waals surface area contributed by atoms with Crippen molar-refractivity contribution in [2.45, 2.75) is 59.8 Å². The first kappa shape index (κ1) is 12.1. The molecule has 0 aromatic heterocycles. The van der Waals surface area contributed by atoms with Crippen LogP contribution in [0, 0.1) is 47.3 Å². The molecule has 3 aliphatic carbocycles. The lowest BCUT2D eigenvalue weighted by atomic mass is 9.61. The van der Waals surface area contributed by atoms with Gasteiger partial charge in [-0.3, -0.25) is 0 Å². The Balaban J connectivity index is 1.88. The highest BCUT2D eigenvalue weighted by molar-refractivity contribution is 5.02. The fourth-order valence-corrected chi connectivity index (χ4v) is 6.05. The molecule has 0 N–H and O–H groups in total. The Kier molecular flexibility index (Phi) is 3.04. The minimum atomic E-state index is 0.957. The predicted octanol–water partition coefficient (Wildman–Crippen LogP) is 4.99. The van der Waals surface area contributed by atoms with Gasteiger partial charge in [0, 0.05) is 0 Å². The van der Waals surface area contributed by atoms with E-state index >= 15 is 0 Å². The first-order chi connectivity index (χ1) is 8.11. The molecule has 0 aromatic rings. The number of hydrogen-bond acceptors (Lipinski definition) is 0. The van der Waals surface area contributed by atoms with Crippen molar-refractivity contribution in [2.75, 3.05) is 0 Å². The molecular weight excluding hydrogens is 204 g/mol. The summed E-state index contributed by atoms with van der Waals surface area (Å²) in [7, 11) is 0. The summed E-state index contributed by atoms with van der Waals surface area (Å²) in [5.74, 6) is 8.29. The summed E-state index contributed by atoms with van der Waals surface area (Å²) < 4.78 is 0. The molecule has 8 unspecified atom stereocenters. The van der Waals surface area contributed by atoms with E-state index in [-0.39, 0.29) is 0 Å². The molecule has 3 fully saturated rings. The molecule has 3 aliphatic rings. The third-order valence-electron chi connectivity index (χ3n) is 7.18. The maximum absolute atomic E-state index is 2.59. The highest BCUT2D eigenvalue weighted by atomic mass is 14.6. The predicted molar refractivity (Wildman–Crippen MR) is 73.7 cm³/mol. The fourth-order valence-electron chi connectivity index (χ4n) is 6.05. The topological polar surface area (TPSA) is 0 Å². The molecule has 8 atom stereocenters. The van der Waals surface area contributed by atoms with Gasteiger partial charge in [-0.15, -0.1) is 0 Å². The monoisotopic (exact) mass is 234 g/mol. The third kappa shape index (κ3) is 1.70. The van der Waals surface area contributed by atoms with Crippen molar-refractivity contribution in [2.24, 2.45) is 47.3 Å². The van der Waals surface area contributed by atoms with Crippen molar-refractivity contribution in [1.82, 2.24) is 0 Å². The molecule has 0 amide bonds. The van der Waals surface area contributed by atoms with Crippen molar-refractivity contribution in [3.05, 3.63) is 0 Å². The average Bonchev–Trinajstić information content (AvgIpc) is 2.61. The molecule has 0 aliphatic heterocycles. The molecule has 3 saturated carbocycles. The maximum atomic E-state index is 2.59. The van der Waals surface area contributed by atoms with Crippen LogP contribution in [0.25, 0.3) is 0 Å². The first-order valence-electron chi connectivity index (χ1n) is 8.11. The minimum Gasteiger partial charge on any atom is -0.0622 e. The Bertz CT molecular complexity index is 282. The first-order valence-corrected chi connectivity index (χ1v) is 8.11. The summed E-state index contributed by atoms with van der Waals surface area (Å²) in [4.78, 5) is 0. The normalized spacial score (nSPS) is 58.6. The van der Waals surface area contributed by atoms with Gasteiger partial charge in [0.1, 0.15) is 0 Å². The number of rotatable bonds is 0. The zero-order chi connectivity index (χ0) is 12.2. The smallest absolute Gasteiger partial charge is 0.0326 e. The van der Waals surface area contributed by atoms with E-state index in [4.69, 9.17) is 0 Å². The molecule has 0 heterocycles. The second kappa shape index (κ2) is 4.28. The molecule has 17 heavy (non-hydrogen) atoms. The van der Waals surface area contributed by atoms with Crippen molar-refractivity contribution >= 4 is 0 Å². The lowest BCUT2D eigenvalue weighted by molar-refractivity contribution is 0.0498. The van der Waals surface area contributed by atoms with E-state index in [0.717, 1.165) is 47.3 Å². The quantitative estimate of drug-likeness (QED) is 0.554. The van der Waals surface area contributed by atoms with Crippen molar-refractivity contribution < 1.29 is 0 Å². The van der Waals surface area contributed by atoms with Crippen LogP contribution in [0.3, 0.4) is 0 Å². The summed E-state index contributed by atoms with van der Waals surface area (Å²) in [5, 5.41) is 0. The third-order valence-corrected chi connectivity index (χ3v) is 7.18. The molecule has 98 valence electrons. The zero-order valence-corrected chi connectivity index (χ0v) is 12.2. The number of hydrogen-bond donors (Lipinski definition) is 0. The molecule has 0 saturated heterocycles.